The average molecular weight is 231 g/mol. The van der Waals surface area contributed by atoms with E-state index in [1.807, 2.05) is 24.5 Å². The number of hydroxylamine groups is 1. The van der Waals surface area contributed by atoms with Crippen molar-refractivity contribution in [1.29, 1.82) is 0 Å². The van der Waals surface area contributed by atoms with Crippen LogP contribution in [0, 0.1) is 5.21 Å². The van der Waals surface area contributed by atoms with Crippen molar-refractivity contribution >= 4 is 28.7 Å². The van der Waals surface area contributed by atoms with Crippen molar-refractivity contribution in [3.63, 3.8) is 0 Å². The van der Waals surface area contributed by atoms with Crippen LogP contribution in [0.15, 0.2) is 41.3 Å². The highest BCUT2D eigenvalue weighted by Crippen LogP contribution is 2.26. The Morgan fingerprint density at radius 2 is 1.94 bits per heavy atom. The van der Waals surface area contributed by atoms with Gasteiger partial charge in [0.2, 0.25) is 0 Å². The molecular formula is C13H13NOS. The zero-order valence-corrected chi connectivity index (χ0v) is 10.1. The molecule has 3 heteroatoms. The van der Waals surface area contributed by atoms with Crippen LogP contribution in [0.5, 0.6) is 0 Å². The molecule has 0 spiro atoms. The second-order valence-corrected chi connectivity index (χ2v) is 4.43. The first-order chi connectivity index (χ1) is 7.72. The standard InChI is InChI=1S/C13H13NOS/c1-14(15)9-12-11-6-4-3-5-10(11)7-8-13(12)16-2/h3-9H,1-2H3. The number of nitrogens with zero attached hydrogens (tertiary/aromatic N) is 1. The zero-order chi connectivity index (χ0) is 11.5. The number of fused-ring (bicyclic) bond motifs is 1. The van der Waals surface area contributed by atoms with Crippen molar-refractivity contribution in [2.24, 2.45) is 0 Å². The number of hydrogen-bond donors (Lipinski definition) is 0. The monoisotopic (exact) mass is 231 g/mol. The van der Waals surface area contributed by atoms with Crippen molar-refractivity contribution in [2.75, 3.05) is 13.3 Å². The van der Waals surface area contributed by atoms with E-state index in [0.717, 1.165) is 26.0 Å². The van der Waals surface area contributed by atoms with E-state index in [9.17, 15) is 5.21 Å². The smallest absolute Gasteiger partial charge is 0.183 e. The normalized spacial score (nSPS) is 12.0. The van der Waals surface area contributed by atoms with Gasteiger partial charge in [0.25, 0.3) is 0 Å². The number of benzene rings is 2. The molecule has 0 aromatic heterocycles. The molecule has 0 saturated heterocycles. The summed E-state index contributed by atoms with van der Waals surface area (Å²) in [5.74, 6) is 0. The molecule has 82 valence electrons. The molecule has 0 radical (unpaired) electrons. The fourth-order valence-electron chi connectivity index (χ4n) is 1.77. The van der Waals surface area contributed by atoms with Crippen molar-refractivity contribution in [3.8, 4) is 0 Å². The highest BCUT2D eigenvalue weighted by atomic mass is 32.2. The van der Waals surface area contributed by atoms with Gasteiger partial charge in [-0.3, -0.25) is 0 Å². The molecule has 0 unspecified atom stereocenters. The summed E-state index contributed by atoms with van der Waals surface area (Å²) in [5, 5.41) is 13.5. The van der Waals surface area contributed by atoms with Gasteiger partial charge in [0.1, 0.15) is 7.05 Å². The molecule has 0 saturated carbocycles. The van der Waals surface area contributed by atoms with Crippen molar-refractivity contribution in [1.82, 2.24) is 0 Å². The van der Waals surface area contributed by atoms with Crippen molar-refractivity contribution < 1.29 is 4.74 Å². The number of thioether (sulfide) groups is 1. The van der Waals surface area contributed by atoms with Crippen LogP contribution in [0.1, 0.15) is 5.56 Å². The van der Waals surface area contributed by atoms with Crippen LogP contribution in [0.3, 0.4) is 0 Å². The topological polar surface area (TPSA) is 26.1 Å². The summed E-state index contributed by atoms with van der Waals surface area (Å²) in [7, 11) is 1.51. The molecule has 0 atom stereocenters. The summed E-state index contributed by atoms with van der Waals surface area (Å²) in [6, 6.07) is 12.2. The summed E-state index contributed by atoms with van der Waals surface area (Å²) in [6.07, 6.45) is 3.65. The Hall–Kier alpha value is -1.48. The second kappa shape index (κ2) is 4.58. The predicted molar refractivity (Wildman–Crippen MR) is 70.4 cm³/mol. The van der Waals surface area contributed by atoms with Crippen LogP contribution in [-0.2, 0) is 0 Å². The summed E-state index contributed by atoms with van der Waals surface area (Å²) < 4.78 is 0.849. The quantitative estimate of drug-likeness (QED) is 0.261. The van der Waals surface area contributed by atoms with Crippen LogP contribution in [0.25, 0.3) is 10.8 Å². The van der Waals surface area contributed by atoms with Gasteiger partial charge in [0, 0.05) is 4.90 Å². The molecule has 0 heterocycles. The Morgan fingerprint density at radius 3 is 2.62 bits per heavy atom. The molecule has 2 nitrogen and oxygen atoms in total. The van der Waals surface area contributed by atoms with Crippen LogP contribution in [-0.4, -0.2) is 24.3 Å². The summed E-state index contributed by atoms with van der Waals surface area (Å²) in [5.41, 5.74) is 1.00. The largest absolute Gasteiger partial charge is 0.624 e. The molecule has 0 aliphatic carbocycles. The van der Waals surface area contributed by atoms with Gasteiger partial charge in [-0.05, 0) is 23.1 Å². The first kappa shape index (κ1) is 11.0. The van der Waals surface area contributed by atoms with Gasteiger partial charge in [0.05, 0.1) is 5.56 Å². The van der Waals surface area contributed by atoms with Gasteiger partial charge < -0.3 is 5.21 Å². The van der Waals surface area contributed by atoms with Gasteiger partial charge in [-0.25, -0.2) is 4.74 Å². The van der Waals surface area contributed by atoms with E-state index in [-0.39, 0.29) is 0 Å². The van der Waals surface area contributed by atoms with E-state index >= 15 is 0 Å². The second-order valence-electron chi connectivity index (χ2n) is 3.58. The Labute approximate surface area is 99.2 Å². The van der Waals surface area contributed by atoms with Crippen LogP contribution in [0.4, 0.5) is 0 Å². The van der Waals surface area contributed by atoms with Gasteiger partial charge in [0.15, 0.2) is 6.21 Å². The highest BCUT2D eigenvalue weighted by Gasteiger charge is 2.07. The lowest BCUT2D eigenvalue weighted by atomic mass is 10.1. The van der Waals surface area contributed by atoms with E-state index in [2.05, 4.69) is 18.2 Å². The van der Waals surface area contributed by atoms with Gasteiger partial charge in [-0.15, -0.1) is 11.8 Å². The third-order valence-electron chi connectivity index (χ3n) is 2.46. The minimum atomic E-state index is 0.849. The van der Waals surface area contributed by atoms with Gasteiger partial charge in [-0.1, -0.05) is 30.3 Å². The predicted octanol–water partition coefficient (Wildman–Crippen LogP) is 3.12. The van der Waals surface area contributed by atoms with E-state index in [1.165, 1.54) is 7.05 Å². The Balaban J connectivity index is 2.78. The van der Waals surface area contributed by atoms with Gasteiger partial charge in [-0.2, -0.15) is 0 Å². The lowest BCUT2D eigenvalue weighted by molar-refractivity contribution is -0.416. The molecule has 2 aromatic carbocycles. The molecule has 0 fully saturated rings. The third kappa shape index (κ3) is 2.04. The molecule has 2 rings (SSSR count). The first-order valence-corrected chi connectivity index (χ1v) is 6.25. The van der Waals surface area contributed by atoms with E-state index in [0.29, 0.717) is 0 Å². The van der Waals surface area contributed by atoms with E-state index < -0.39 is 0 Å². The maximum Gasteiger partial charge on any atom is 0.183 e. The molecule has 0 aliphatic heterocycles. The summed E-state index contributed by atoms with van der Waals surface area (Å²) in [6.45, 7) is 0. The van der Waals surface area contributed by atoms with Crippen LogP contribution >= 0.6 is 11.8 Å². The summed E-state index contributed by atoms with van der Waals surface area (Å²) >= 11 is 1.66. The number of hydrogen-bond acceptors (Lipinski definition) is 2. The lowest BCUT2D eigenvalue weighted by Gasteiger charge is -2.06. The Kier molecular flexibility index (Phi) is 3.15. The lowest BCUT2D eigenvalue weighted by Crippen LogP contribution is -1.99. The molecule has 0 bridgehead atoms. The number of rotatable bonds is 2. The van der Waals surface area contributed by atoms with E-state index in [1.54, 1.807) is 18.0 Å². The maximum absolute atomic E-state index is 11.2. The van der Waals surface area contributed by atoms with Gasteiger partial charge >= 0.3 is 0 Å². The first-order valence-electron chi connectivity index (χ1n) is 5.03. The minimum Gasteiger partial charge on any atom is -0.624 e. The molecule has 2 aromatic rings. The summed E-state index contributed by atoms with van der Waals surface area (Å²) in [4.78, 5) is 1.13. The highest BCUT2D eigenvalue weighted by molar-refractivity contribution is 7.98. The SMILES string of the molecule is CSc1ccc2ccccc2c1C=[N+](C)[O-]. The molecule has 0 amide bonds. The Morgan fingerprint density at radius 1 is 1.19 bits per heavy atom. The zero-order valence-electron chi connectivity index (χ0n) is 9.31. The maximum atomic E-state index is 11.2. The molecule has 16 heavy (non-hydrogen) atoms. The van der Waals surface area contributed by atoms with Crippen molar-refractivity contribution in [2.45, 2.75) is 4.90 Å². The van der Waals surface area contributed by atoms with Crippen LogP contribution < -0.4 is 0 Å². The fourth-order valence-corrected chi connectivity index (χ4v) is 2.36. The Bertz CT molecular complexity index is 545. The van der Waals surface area contributed by atoms with E-state index in [4.69, 9.17) is 0 Å². The molecule has 0 N–H and O–H groups in total. The molecular weight excluding hydrogens is 218 g/mol. The van der Waals surface area contributed by atoms with Crippen molar-refractivity contribution in [3.05, 3.63) is 47.2 Å². The fraction of sp³-hybridized carbons (Fsp3) is 0.154. The average Bonchev–Trinajstić information content (AvgIpc) is 2.29. The van der Waals surface area contributed by atoms with Crippen LogP contribution in [0.2, 0.25) is 0 Å². The minimum absolute atomic E-state index is 0.849. The third-order valence-corrected chi connectivity index (χ3v) is 3.26. The molecule has 0 aliphatic rings.